The molecule has 1 aromatic carbocycles. The van der Waals surface area contributed by atoms with Crippen LogP contribution in [0.4, 0.5) is 5.69 Å². The van der Waals surface area contributed by atoms with E-state index in [1.54, 1.807) is 0 Å². The molecule has 1 aliphatic rings. The van der Waals surface area contributed by atoms with Gasteiger partial charge in [0.05, 0.1) is 12.4 Å². The van der Waals surface area contributed by atoms with Gasteiger partial charge in [0.2, 0.25) is 0 Å². The highest BCUT2D eigenvalue weighted by Gasteiger charge is 2.19. The van der Waals surface area contributed by atoms with Crippen LogP contribution in [0.3, 0.4) is 0 Å². The Kier molecular flexibility index (Phi) is 5.05. The summed E-state index contributed by atoms with van der Waals surface area (Å²) in [6.45, 7) is 0.521. The summed E-state index contributed by atoms with van der Waals surface area (Å²) in [5.41, 5.74) is 6.33. The van der Waals surface area contributed by atoms with Gasteiger partial charge in [-0.1, -0.05) is 19.3 Å². The van der Waals surface area contributed by atoms with Crippen LogP contribution in [0.2, 0.25) is 0 Å². The fourth-order valence-electron chi connectivity index (χ4n) is 2.30. The van der Waals surface area contributed by atoms with Gasteiger partial charge in [-0.15, -0.1) is 0 Å². The normalized spacial score (nSPS) is 18.4. The summed E-state index contributed by atoms with van der Waals surface area (Å²) >= 11 is 0. The standard InChI is InChI=1S/C14H21NO2S/c15-12-6-8-13(9-7-12)17-10-11-18(16)14-4-2-1-3-5-14/h6-9,14H,1-5,10-11,15H2. The van der Waals surface area contributed by atoms with Crippen LogP contribution >= 0.6 is 0 Å². The third-order valence-electron chi connectivity index (χ3n) is 3.36. The number of anilines is 1. The smallest absolute Gasteiger partial charge is 0.119 e. The molecule has 1 fully saturated rings. The predicted octanol–water partition coefficient (Wildman–Crippen LogP) is 2.73. The summed E-state index contributed by atoms with van der Waals surface area (Å²) in [5, 5.41) is 0.397. The largest absolute Gasteiger partial charge is 0.493 e. The maximum Gasteiger partial charge on any atom is 0.119 e. The Hall–Kier alpha value is -1.03. The monoisotopic (exact) mass is 267 g/mol. The molecule has 2 rings (SSSR count). The molecule has 0 bridgehead atoms. The first-order valence-electron chi connectivity index (χ1n) is 6.61. The first-order valence-corrected chi connectivity index (χ1v) is 7.99. The van der Waals surface area contributed by atoms with Crippen molar-refractivity contribution < 1.29 is 8.95 Å². The topological polar surface area (TPSA) is 52.3 Å². The highest BCUT2D eigenvalue weighted by atomic mass is 32.2. The van der Waals surface area contributed by atoms with Crippen LogP contribution in [0.1, 0.15) is 32.1 Å². The SMILES string of the molecule is Nc1ccc(OCCS(=O)C2CCCCC2)cc1. The van der Waals surface area contributed by atoms with Crippen LogP contribution in [-0.2, 0) is 10.8 Å². The lowest BCUT2D eigenvalue weighted by atomic mass is 10.0. The molecule has 0 spiro atoms. The zero-order chi connectivity index (χ0) is 12.8. The van der Waals surface area contributed by atoms with E-state index in [-0.39, 0.29) is 0 Å². The molecule has 18 heavy (non-hydrogen) atoms. The molecule has 1 aromatic rings. The van der Waals surface area contributed by atoms with Crippen LogP contribution in [-0.4, -0.2) is 21.8 Å². The van der Waals surface area contributed by atoms with Gasteiger partial charge in [-0.25, -0.2) is 0 Å². The van der Waals surface area contributed by atoms with Crippen molar-refractivity contribution in [2.75, 3.05) is 18.1 Å². The quantitative estimate of drug-likeness (QED) is 0.835. The van der Waals surface area contributed by atoms with Crippen molar-refractivity contribution in [3.05, 3.63) is 24.3 Å². The van der Waals surface area contributed by atoms with E-state index in [1.165, 1.54) is 19.3 Å². The maximum atomic E-state index is 12.1. The summed E-state index contributed by atoms with van der Waals surface area (Å²) < 4.78 is 17.6. The van der Waals surface area contributed by atoms with Gasteiger partial charge in [0, 0.05) is 21.7 Å². The Labute approximate surface area is 111 Å². The molecule has 4 heteroatoms. The minimum absolute atomic E-state index is 0.397. The molecule has 0 aliphatic heterocycles. The average molecular weight is 267 g/mol. The number of benzene rings is 1. The summed E-state index contributed by atoms with van der Waals surface area (Å²) in [7, 11) is -0.734. The van der Waals surface area contributed by atoms with Gasteiger partial charge < -0.3 is 10.5 Å². The van der Waals surface area contributed by atoms with Gasteiger partial charge in [-0.2, -0.15) is 0 Å². The lowest BCUT2D eigenvalue weighted by Gasteiger charge is -2.20. The molecule has 2 N–H and O–H groups in total. The van der Waals surface area contributed by atoms with E-state index in [4.69, 9.17) is 10.5 Å². The first-order chi connectivity index (χ1) is 8.75. The van der Waals surface area contributed by atoms with Gasteiger partial charge in [0.15, 0.2) is 0 Å². The molecule has 3 nitrogen and oxygen atoms in total. The van der Waals surface area contributed by atoms with Crippen LogP contribution in [0.25, 0.3) is 0 Å². The van der Waals surface area contributed by atoms with E-state index in [2.05, 4.69) is 0 Å². The number of nitrogens with two attached hydrogens (primary N) is 1. The number of rotatable bonds is 5. The van der Waals surface area contributed by atoms with E-state index < -0.39 is 10.8 Å². The van der Waals surface area contributed by atoms with Gasteiger partial charge in [0.1, 0.15) is 5.75 Å². The van der Waals surface area contributed by atoms with E-state index in [0.717, 1.165) is 24.3 Å². The zero-order valence-electron chi connectivity index (χ0n) is 10.6. The van der Waals surface area contributed by atoms with Gasteiger partial charge in [-0.3, -0.25) is 4.21 Å². The maximum absolute atomic E-state index is 12.1. The molecular weight excluding hydrogens is 246 g/mol. The Bertz CT molecular complexity index is 385. The number of hydrogen-bond acceptors (Lipinski definition) is 3. The second-order valence-corrected chi connectivity index (χ2v) is 6.60. The van der Waals surface area contributed by atoms with E-state index in [9.17, 15) is 4.21 Å². The second-order valence-electron chi connectivity index (χ2n) is 4.76. The Morgan fingerprint density at radius 2 is 1.83 bits per heavy atom. The summed E-state index contributed by atoms with van der Waals surface area (Å²) in [5.74, 6) is 1.43. The Morgan fingerprint density at radius 3 is 2.50 bits per heavy atom. The second kappa shape index (κ2) is 6.78. The summed E-state index contributed by atoms with van der Waals surface area (Å²) in [6, 6.07) is 7.32. The van der Waals surface area contributed by atoms with Crippen molar-refractivity contribution in [2.24, 2.45) is 0 Å². The highest BCUT2D eigenvalue weighted by Crippen LogP contribution is 2.22. The average Bonchev–Trinajstić information content (AvgIpc) is 2.42. The molecule has 0 heterocycles. The van der Waals surface area contributed by atoms with Crippen LogP contribution in [0, 0.1) is 0 Å². The van der Waals surface area contributed by atoms with E-state index in [1.807, 2.05) is 24.3 Å². The highest BCUT2D eigenvalue weighted by molar-refractivity contribution is 7.85. The predicted molar refractivity (Wildman–Crippen MR) is 76.2 cm³/mol. The third kappa shape index (κ3) is 4.02. The van der Waals surface area contributed by atoms with E-state index in [0.29, 0.717) is 17.6 Å². The fraction of sp³-hybridized carbons (Fsp3) is 0.571. The van der Waals surface area contributed by atoms with Crippen LogP contribution in [0.5, 0.6) is 5.75 Å². The minimum Gasteiger partial charge on any atom is -0.493 e. The van der Waals surface area contributed by atoms with Crippen molar-refractivity contribution in [1.82, 2.24) is 0 Å². The first kappa shape index (κ1) is 13.4. The number of hydrogen-bond donors (Lipinski definition) is 1. The lowest BCUT2D eigenvalue weighted by Crippen LogP contribution is -2.23. The molecule has 0 radical (unpaired) electrons. The van der Waals surface area contributed by atoms with Gasteiger partial charge in [0.25, 0.3) is 0 Å². The molecule has 1 unspecified atom stereocenters. The molecule has 1 atom stereocenters. The number of nitrogen functional groups attached to an aromatic ring is 1. The van der Waals surface area contributed by atoms with Crippen molar-refractivity contribution in [3.8, 4) is 5.75 Å². The van der Waals surface area contributed by atoms with E-state index >= 15 is 0 Å². The summed E-state index contributed by atoms with van der Waals surface area (Å²) in [6.07, 6.45) is 6.00. The third-order valence-corrected chi connectivity index (χ3v) is 5.14. The molecule has 0 saturated heterocycles. The van der Waals surface area contributed by atoms with Crippen molar-refractivity contribution in [3.63, 3.8) is 0 Å². The van der Waals surface area contributed by atoms with Crippen LogP contribution in [0.15, 0.2) is 24.3 Å². The molecule has 1 saturated carbocycles. The van der Waals surface area contributed by atoms with Crippen molar-refractivity contribution in [2.45, 2.75) is 37.4 Å². The number of ether oxygens (including phenoxy) is 1. The van der Waals surface area contributed by atoms with Gasteiger partial charge in [-0.05, 0) is 37.1 Å². The molecule has 0 aromatic heterocycles. The Balaban J connectivity index is 1.71. The summed E-state index contributed by atoms with van der Waals surface area (Å²) in [4.78, 5) is 0. The lowest BCUT2D eigenvalue weighted by molar-refractivity contribution is 0.342. The van der Waals surface area contributed by atoms with Crippen molar-refractivity contribution >= 4 is 16.5 Å². The Morgan fingerprint density at radius 1 is 1.17 bits per heavy atom. The molecule has 1 aliphatic carbocycles. The minimum atomic E-state index is -0.734. The zero-order valence-corrected chi connectivity index (χ0v) is 11.5. The van der Waals surface area contributed by atoms with Crippen LogP contribution < -0.4 is 10.5 Å². The molecular formula is C14H21NO2S. The fourth-order valence-corrected chi connectivity index (χ4v) is 3.74. The van der Waals surface area contributed by atoms with Crippen molar-refractivity contribution in [1.29, 1.82) is 0 Å². The molecule has 0 amide bonds. The molecule has 100 valence electrons. The van der Waals surface area contributed by atoms with Gasteiger partial charge >= 0.3 is 0 Å².